The Balaban J connectivity index is 1.68. The van der Waals surface area contributed by atoms with Gasteiger partial charge in [-0.3, -0.25) is 14.3 Å². The second-order valence-electron chi connectivity index (χ2n) is 7.16. The molecule has 0 N–H and O–H groups in total. The first-order valence-electron chi connectivity index (χ1n) is 9.33. The fraction of sp³-hybridized carbons (Fsp3) is 0.381. The zero-order valence-corrected chi connectivity index (χ0v) is 15.7. The average molecular weight is 364 g/mol. The van der Waals surface area contributed by atoms with Gasteiger partial charge in [0.15, 0.2) is 0 Å². The molecule has 140 valence electrons. The lowest BCUT2D eigenvalue weighted by molar-refractivity contribution is -0.00208. The molecule has 1 fully saturated rings. The molecular weight excluding hydrogens is 340 g/mol. The van der Waals surface area contributed by atoms with Crippen molar-refractivity contribution >= 4 is 5.95 Å². The zero-order chi connectivity index (χ0) is 18.8. The monoisotopic (exact) mass is 364 g/mol. The van der Waals surface area contributed by atoms with E-state index >= 15 is 0 Å². The van der Waals surface area contributed by atoms with Gasteiger partial charge < -0.3 is 9.64 Å². The van der Waals surface area contributed by atoms with Crippen molar-refractivity contribution in [1.29, 1.82) is 0 Å². The van der Waals surface area contributed by atoms with Gasteiger partial charge >= 0.3 is 0 Å². The van der Waals surface area contributed by atoms with E-state index in [2.05, 4.69) is 41.1 Å². The van der Waals surface area contributed by atoms with Crippen LogP contribution < -0.4 is 10.5 Å². The Labute approximate surface area is 158 Å². The quantitative estimate of drug-likeness (QED) is 0.838. The molecule has 0 amide bonds. The van der Waals surface area contributed by atoms with Crippen molar-refractivity contribution < 1.29 is 4.74 Å². The van der Waals surface area contributed by atoms with Crippen molar-refractivity contribution in [2.24, 2.45) is 13.0 Å². The minimum atomic E-state index is -0.0671. The molecule has 6 heteroatoms. The molecule has 2 aliphatic rings. The number of aromatic nitrogens is 3. The van der Waals surface area contributed by atoms with Gasteiger partial charge in [-0.1, -0.05) is 24.3 Å². The van der Waals surface area contributed by atoms with Crippen molar-refractivity contribution in [3.63, 3.8) is 0 Å². The summed E-state index contributed by atoms with van der Waals surface area (Å²) in [7, 11) is 1.78. The highest BCUT2D eigenvalue weighted by molar-refractivity contribution is 5.59. The van der Waals surface area contributed by atoms with Gasteiger partial charge in [0, 0.05) is 43.5 Å². The van der Waals surface area contributed by atoms with E-state index in [1.807, 2.05) is 12.1 Å². The van der Waals surface area contributed by atoms with Crippen LogP contribution in [-0.4, -0.2) is 39.8 Å². The first-order chi connectivity index (χ1) is 13.1. The molecule has 3 atom stereocenters. The smallest absolute Gasteiger partial charge is 0.255 e. The molecule has 2 aromatic rings. The third kappa shape index (κ3) is 3.57. The molecular formula is C21H24N4O2. The molecule has 0 bridgehead atoms. The van der Waals surface area contributed by atoms with E-state index in [-0.39, 0.29) is 17.7 Å². The minimum Gasteiger partial charge on any atom is -0.374 e. The zero-order valence-electron chi connectivity index (χ0n) is 15.7. The van der Waals surface area contributed by atoms with Crippen LogP contribution in [0.3, 0.4) is 0 Å². The predicted octanol–water partition coefficient (Wildman–Crippen LogP) is 2.57. The Hall–Kier alpha value is -2.73. The molecule has 0 spiro atoms. The number of anilines is 1. The topological polar surface area (TPSA) is 60.2 Å². The molecule has 1 saturated heterocycles. The van der Waals surface area contributed by atoms with Crippen molar-refractivity contribution in [2.45, 2.75) is 25.5 Å². The number of pyridine rings is 1. The van der Waals surface area contributed by atoms with Crippen LogP contribution in [0, 0.1) is 5.92 Å². The summed E-state index contributed by atoms with van der Waals surface area (Å²) in [6, 6.07) is 5.47. The molecule has 0 aromatic carbocycles. The highest BCUT2D eigenvalue weighted by atomic mass is 16.5. The summed E-state index contributed by atoms with van der Waals surface area (Å²) in [5.74, 6) is 1.04. The number of ether oxygens (including phenoxy) is 1. The lowest BCUT2D eigenvalue weighted by atomic mass is 9.93. The lowest BCUT2D eigenvalue weighted by Gasteiger charge is -2.41. The predicted molar refractivity (Wildman–Crippen MR) is 106 cm³/mol. The Kier molecular flexibility index (Phi) is 4.90. The van der Waals surface area contributed by atoms with Crippen LogP contribution in [0.2, 0.25) is 0 Å². The highest BCUT2D eigenvalue weighted by Gasteiger charge is 2.32. The molecule has 1 unspecified atom stereocenters. The van der Waals surface area contributed by atoms with Gasteiger partial charge in [0.2, 0.25) is 5.95 Å². The SMILES string of the molecule is C[C@@H]1CO[C@H](C2C=CC=CC2)CN1c1nc(-c2ccncc2)cc(=O)n1C. The molecule has 6 nitrogen and oxygen atoms in total. The van der Waals surface area contributed by atoms with Gasteiger partial charge in [-0.2, -0.15) is 0 Å². The molecule has 0 radical (unpaired) electrons. The number of hydrogen-bond acceptors (Lipinski definition) is 5. The van der Waals surface area contributed by atoms with Gasteiger partial charge in [-0.25, -0.2) is 4.98 Å². The van der Waals surface area contributed by atoms with Gasteiger partial charge in [-0.15, -0.1) is 0 Å². The van der Waals surface area contributed by atoms with E-state index in [1.54, 1.807) is 30.1 Å². The van der Waals surface area contributed by atoms with E-state index in [0.29, 0.717) is 30.7 Å². The molecule has 4 rings (SSSR count). The van der Waals surface area contributed by atoms with E-state index < -0.39 is 0 Å². The van der Waals surface area contributed by atoms with Gasteiger partial charge in [0.05, 0.1) is 24.4 Å². The second-order valence-corrected chi connectivity index (χ2v) is 7.16. The van der Waals surface area contributed by atoms with Crippen LogP contribution in [0.25, 0.3) is 11.3 Å². The van der Waals surface area contributed by atoms with E-state index in [0.717, 1.165) is 12.0 Å². The molecule has 2 aromatic heterocycles. The first kappa shape index (κ1) is 17.7. The van der Waals surface area contributed by atoms with Crippen LogP contribution in [0.5, 0.6) is 0 Å². The average Bonchev–Trinajstić information content (AvgIpc) is 2.72. The van der Waals surface area contributed by atoms with Crippen LogP contribution in [0.4, 0.5) is 5.95 Å². The number of hydrogen-bond donors (Lipinski definition) is 0. The molecule has 27 heavy (non-hydrogen) atoms. The molecule has 3 heterocycles. The summed E-state index contributed by atoms with van der Waals surface area (Å²) >= 11 is 0. The summed E-state index contributed by atoms with van der Waals surface area (Å²) in [4.78, 5) is 23.7. The number of rotatable bonds is 3. The first-order valence-corrected chi connectivity index (χ1v) is 9.33. The maximum atomic E-state index is 12.6. The Bertz CT molecular complexity index is 920. The number of allylic oxidation sites excluding steroid dienone is 3. The van der Waals surface area contributed by atoms with Gasteiger partial charge in [-0.05, 0) is 25.5 Å². The fourth-order valence-electron chi connectivity index (χ4n) is 3.65. The van der Waals surface area contributed by atoms with Crippen molar-refractivity contribution in [1.82, 2.24) is 14.5 Å². The standard InChI is InChI=1S/C21H24N4O2/c1-15-14-27-19(17-6-4-3-5-7-17)13-25(15)21-23-18(12-20(26)24(21)2)16-8-10-22-11-9-16/h3-6,8-12,15,17,19H,7,13-14H2,1-2H3/t15-,17?,19+/m1/s1. The van der Waals surface area contributed by atoms with Crippen molar-refractivity contribution in [3.8, 4) is 11.3 Å². The summed E-state index contributed by atoms with van der Waals surface area (Å²) in [5, 5.41) is 0. The van der Waals surface area contributed by atoms with E-state index in [4.69, 9.17) is 9.72 Å². The number of nitrogens with zero attached hydrogens (tertiary/aromatic N) is 4. The maximum absolute atomic E-state index is 12.6. The minimum absolute atomic E-state index is 0.0671. The summed E-state index contributed by atoms with van der Waals surface area (Å²) in [6.45, 7) is 3.44. The number of morpholine rings is 1. The van der Waals surface area contributed by atoms with E-state index in [1.165, 1.54) is 0 Å². The highest BCUT2D eigenvalue weighted by Crippen LogP contribution is 2.27. The van der Waals surface area contributed by atoms with Crippen LogP contribution in [-0.2, 0) is 11.8 Å². The lowest BCUT2D eigenvalue weighted by Crippen LogP contribution is -2.52. The summed E-state index contributed by atoms with van der Waals surface area (Å²) in [5.41, 5.74) is 1.50. The largest absolute Gasteiger partial charge is 0.374 e. The summed E-state index contributed by atoms with van der Waals surface area (Å²) < 4.78 is 7.74. The Morgan fingerprint density at radius 1 is 1.22 bits per heavy atom. The van der Waals surface area contributed by atoms with Gasteiger partial charge in [0.1, 0.15) is 0 Å². The van der Waals surface area contributed by atoms with Crippen molar-refractivity contribution in [2.75, 3.05) is 18.1 Å². The molecule has 1 aliphatic heterocycles. The van der Waals surface area contributed by atoms with Crippen LogP contribution >= 0.6 is 0 Å². The van der Waals surface area contributed by atoms with Crippen LogP contribution in [0.1, 0.15) is 13.3 Å². The third-order valence-electron chi connectivity index (χ3n) is 5.30. The summed E-state index contributed by atoms with van der Waals surface area (Å²) in [6.07, 6.45) is 13.0. The molecule has 1 aliphatic carbocycles. The molecule has 0 saturated carbocycles. The maximum Gasteiger partial charge on any atom is 0.255 e. The van der Waals surface area contributed by atoms with E-state index in [9.17, 15) is 4.79 Å². The van der Waals surface area contributed by atoms with Crippen LogP contribution in [0.15, 0.2) is 59.7 Å². The fourth-order valence-corrected chi connectivity index (χ4v) is 3.65. The Morgan fingerprint density at radius 2 is 2.04 bits per heavy atom. The van der Waals surface area contributed by atoms with Gasteiger partial charge in [0.25, 0.3) is 5.56 Å². The Morgan fingerprint density at radius 3 is 2.78 bits per heavy atom. The third-order valence-corrected chi connectivity index (χ3v) is 5.30. The van der Waals surface area contributed by atoms with Crippen molar-refractivity contribution in [3.05, 3.63) is 65.3 Å². The normalized spacial score (nSPS) is 25.0. The second kappa shape index (κ2) is 7.48.